The molecule has 2 heteroatoms. The minimum Gasteiger partial charge on any atom is -0.396 e. The zero-order chi connectivity index (χ0) is 10.5. The predicted molar refractivity (Wildman–Crippen MR) is 54.6 cm³/mol. The summed E-state index contributed by atoms with van der Waals surface area (Å²) in [6.45, 7) is 8.12. The molecule has 0 aliphatic rings. The van der Waals surface area contributed by atoms with Gasteiger partial charge in [-0.1, -0.05) is 27.2 Å². The highest BCUT2D eigenvalue weighted by molar-refractivity contribution is 5.78. The van der Waals surface area contributed by atoms with Crippen molar-refractivity contribution in [1.82, 2.24) is 0 Å². The molecule has 0 radical (unpaired) electrons. The molecule has 0 aromatic heterocycles. The molecule has 0 aromatic rings. The molecule has 0 saturated heterocycles. The van der Waals surface area contributed by atoms with E-state index in [0.717, 1.165) is 19.3 Å². The number of aliphatic hydroxyl groups is 1. The number of carbonyl (C=O) groups is 1. The highest BCUT2D eigenvalue weighted by Crippen LogP contribution is 2.23. The van der Waals surface area contributed by atoms with Crippen LogP contribution in [0.15, 0.2) is 0 Å². The normalized spacial score (nSPS) is 14.2. The third kappa shape index (κ3) is 6.76. The van der Waals surface area contributed by atoms with Crippen LogP contribution >= 0.6 is 0 Å². The number of aliphatic hydroxyl groups excluding tert-OH is 1. The molecule has 1 atom stereocenters. The van der Waals surface area contributed by atoms with Crippen LogP contribution in [0.4, 0.5) is 0 Å². The van der Waals surface area contributed by atoms with Gasteiger partial charge in [-0.2, -0.15) is 0 Å². The first-order valence-electron chi connectivity index (χ1n) is 4.98. The van der Waals surface area contributed by atoms with Gasteiger partial charge in [0.1, 0.15) is 5.78 Å². The molecule has 0 unspecified atom stereocenters. The Bertz CT molecular complexity index is 156. The summed E-state index contributed by atoms with van der Waals surface area (Å²) >= 11 is 0. The lowest BCUT2D eigenvalue weighted by Gasteiger charge is -2.19. The lowest BCUT2D eigenvalue weighted by atomic mass is 9.87. The van der Waals surface area contributed by atoms with Crippen molar-refractivity contribution in [3.63, 3.8) is 0 Å². The van der Waals surface area contributed by atoms with Gasteiger partial charge < -0.3 is 5.11 Å². The van der Waals surface area contributed by atoms with Gasteiger partial charge >= 0.3 is 0 Å². The lowest BCUT2D eigenvalue weighted by molar-refractivity contribution is -0.122. The number of rotatable bonds is 5. The maximum Gasteiger partial charge on any atom is 0.135 e. The summed E-state index contributed by atoms with van der Waals surface area (Å²) in [4.78, 5) is 11.0. The molecule has 0 saturated carbocycles. The Morgan fingerprint density at radius 3 is 2.23 bits per heavy atom. The first-order valence-corrected chi connectivity index (χ1v) is 4.98. The molecule has 13 heavy (non-hydrogen) atoms. The van der Waals surface area contributed by atoms with Crippen LogP contribution in [0.5, 0.6) is 0 Å². The monoisotopic (exact) mass is 186 g/mol. The zero-order valence-electron chi connectivity index (χ0n) is 9.26. The van der Waals surface area contributed by atoms with E-state index in [1.54, 1.807) is 6.92 Å². The van der Waals surface area contributed by atoms with E-state index in [4.69, 9.17) is 5.11 Å². The molecule has 0 bridgehead atoms. The SMILES string of the molecule is CC(=O)[C@@H](CO)CCCC(C)(C)C. The van der Waals surface area contributed by atoms with Crippen LogP contribution in [0.2, 0.25) is 0 Å². The van der Waals surface area contributed by atoms with E-state index < -0.39 is 0 Å². The zero-order valence-corrected chi connectivity index (χ0v) is 9.26. The number of ketones is 1. The number of carbonyl (C=O) groups excluding carboxylic acids is 1. The molecule has 0 heterocycles. The molecule has 0 rings (SSSR count). The van der Waals surface area contributed by atoms with E-state index in [1.165, 1.54) is 0 Å². The Morgan fingerprint density at radius 1 is 1.38 bits per heavy atom. The van der Waals surface area contributed by atoms with Crippen molar-refractivity contribution < 1.29 is 9.90 Å². The number of Topliss-reactive ketones (excluding diaryl/α,β-unsaturated/α-hetero) is 1. The summed E-state index contributed by atoms with van der Waals surface area (Å²) in [5.41, 5.74) is 0.330. The Balaban J connectivity index is 3.68. The van der Waals surface area contributed by atoms with Crippen LogP contribution in [0.3, 0.4) is 0 Å². The van der Waals surface area contributed by atoms with E-state index in [1.807, 2.05) is 0 Å². The van der Waals surface area contributed by atoms with Gasteiger partial charge in [-0.05, 0) is 25.2 Å². The lowest BCUT2D eigenvalue weighted by Crippen LogP contribution is -2.16. The van der Waals surface area contributed by atoms with Crippen LogP contribution in [0, 0.1) is 11.3 Å². The molecule has 0 fully saturated rings. The van der Waals surface area contributed by atoms with Crippen molar-refractivity contribution in [2.24, 2.45) is 11.3 Å². The fourth-order valence-electron chi connectivity index (χ4n) is 1.30. The van der Waals surface area contributed by atoms with E-state index in [0.29, 0.717) is 5.41 Å². The summed E-state index contributed by atoms with van der Waals surface area (Å²) in [6.07, 6.45) is 2.95. The molecule has 0 amide bonds. The van der Waals surface area contributed by atoms with Gasteiger partial charge in [0, 0.05) is 5.92 Å². The van der Waals surface area contributed by atoms with Crippen molar-refractivity contribution >= 4 is 5.78 Å². The Labute approximate surface area is 81.3 Å². The molecule has 2 nitrogen and oxygen atoms in total. The van der Waals surface area contributed by atoms with Gasteiger partial charge in [0.25, 0.3) is 0 Å². The minimum atomic E-state index is -0.137. The predicted octanol–water partition coefficient (Wildman–Crippen LogP) is 2.40. The van der Waals surface area contributed by atoms with Gasteiger partial charge in [-0.3, -0.25) is 4.79 Å². The second kappa shape index (κ2) is 5.38. The number of hydrogen-bond donors (Lipinski definition) is 1. The number of hydrogen-bond acceptors (Lipinski definition) is 2. The average molecular weight is 186 g/mol. The summed E-state index contributed by atoms with van der Waals surface area (Å²) in [5, 5.41) is 8.91. The molecule has 0 spiro atoms. The summed E-state index contributed by atoms with van der Waals surface area (Å²) in [5.74, 6) is -0.0289. The molecule has 0 aromatic carbocycles. The van der Waals surface area contributed by atoms with Crippen LogP contribution in [0.1, 0.15) is 47.0 Å². The Kier molecular flexibility index (Phi) is 5.23. The average Bonchev–Trinajstić information content (AvgIpc) is 1.95. The maximum absolute atomic E-state index is 11.0. The van der Waals surface area contributed by atoms with Crippen LogP contribution < -0.4 is 0 Å². The highest BCUT2D eigenvalue weighted by atomic mass is 16.3. The first kappa shape index (κ1) is 12.6. The van der Waals surface area contributed by atoms with Crippen molar-refractivity contribution in [1.29, 1.82) is 0 Å². The largest absolute Gasteiger partial charge is 0.396 e. The smallest absolute Gasteiger partial charge is 0.135 e. The van der Waals surface area contributed by atoms with E-state index in [-0.39, 0.29) is 18.3 Å². The van der Waals surface area contributed by atoms with Gasteiger partial charge in [-0.15, -0.1) is 0 Å². The summed E-state index contributed by atoms with van der Waals surface area (Å²) in [6, 6.07) is 0. The van der Waals surface area contributed by atoms with Crippen molar-refractivity contribution in [3.05, 3.63) is 0 Å². The van der Waals surface area contributed by atoms with Gasteiger partial charge in [-0.25, -0.2) is 0 Å². The molecule has 1 N–H and O–H groups in total. The minimum absolute atomic E-state index is 0.000520. The fourth-order valence-corrected chi connectivity index (χ4v) is 1.30. The fraction of sp³-hybridized carbons (Fsp3) is 0.909. The van der Waals surface area contributed by atoms with Crippen molar-refractivity contribution in [2.45, 2.75) is 47.0 Å². The maximum atomic E-state index is 11.0. The Morgan fingerprint density at radius 2 is 1.92 bits per heavy atom. The van der Waals surface area contributed by atoms with E-state index >= 15 is 0 Å². The third-order valence-corrected chi connectivity index (χ3v) is 2.27. The van der Waals surface area contributed by atoms with E-state index in [2.05, 4.69) is 20.8 Å². The molecule has 0 aliphatic carbocycles. The van der Waals surface area contributed by atoms with Crippen molar-refractivity contribution in [2.75, 3.05) is 6.61 Å². The molecular formula is C11H22O2. The quantitative estimate of drug-likeness (QED) is 0.716. The standard InChI is InChI=1S/C11H22O2/c1-9(13)10(8-12)6-5-7-11(2,3)4/h10,12H,5-8H2,1-4H3/t10-/m1/s1. The Hall–Kier alpha value is -0.370. The second-order valence-corrected chi connectivity index (χ2v) is 4.94. The molecule has 0 aliphatic heterocycles. The second-order valence-electron chi connectivity index (χ2n) is 4.94. The summed E-state index contributed by atoms with van der Waals surface area (Å²) in [7, 11) is 0. The van der Waals surface area contributed by atoms with Crippen LogP contribution in [0.25, 0.3) is 0 Å². The van der Waals surface area contributed by atoms with Gasteiger partial charge in [0.05, 0.1) is 6.61 Å². The summed E-state index contributed by atoms with van der Waals surface area (Å²) < 4.78 is 0. The van der Waals surface area contributed by atoms with Crippen LogP contribution in [-0.4, -0.2) is 17.5 Å². The van der Waals surface area contributed by atoms with Crippen LogP contribution in [-0.2, 0) is 4.79 Å². The first-order chi connectivity index (χ1) is 5.87. The van der Waals surface area contributed by atoms with E-state index in [9.17, 15) is 4.79 Å². The highest BCUT2D eigenvalue weighted by Gasteiger charge is 2.15. The van der Waals surface area contributed by atoms with Gasteiger partial charge in [0.2, 0.25) is 0 Å². The van der Waals surface area contributed by atoms with Gasteiger partial charge in [0.15, 0.2) is 0 Å². The van der Waals surface area contributed by atoms with Crippen molar-refractivity contribution in [3.8, 4) is 0 Å². The topological polar surface area (TPSA) is 37.3 Å². The third-order valence-electron chi connectivity index (χ3n) is 2.27. The molecular weight excluding hydrogens is 164 g/mol. The molecule has 78 valence electrons.